The number of halogens is 1. The summed E-state index contributed by atoms with van der Waals surface area (Å²) in [5.41, 5.74) is 1.76. The number of hydrogen-bond donors (Lipinski definition) is 2. The van der Waals surface area contributed by atoms with E-state index in [1.807, 2.05) is 6.07 Å². The molecule has 1 atom stereocenters. The minimum Gasteiger partial charge on any atom is -0.383 e. The molecule has 0 saturated heterocycles. The van der Waals surface area contributed by atoms with Gasteiger partial charge in [0.15, 0.2) is 0 Å². The zero-order chi connectivity index (χ0) is 12.4. The number of carbonyl (C=O) groups excluding carboxylic acids is 1. The minimum absolute atomic E-state index is 0.222. The smallest absolute Gasteiger partial charge is 0.246 e. The van der Waals surface area contributed by atoms with Gasteiger partial charge < -0.3 is 10.1 Å². The van der Waals surface area contributed by atoms with Gasteiger partial charge in [-0.05, 0) is 18.6 Å². The van der Waals surface area contributed by atoms with Gasteiger partial charge in [0.2, 0.25) is 5.91 Å². The summed E-state index contributed by atoms with van der Waals surface area (Å²) < 4.78 is 18.5. The van der Waals surface area contributed by atoms with Crippen LogP contribution < -0.4 is 10.6 Å². The van der Waals surface area contributed by atoms with Crippen molar-refractivity contribution < 1.29 is 13.9 Å². The van der Waals surface area contributed by atoms with E-state index in [4.69, 9.17) is 4.74 Å². The Morgan fingerprint density at radius 2 is 2.29 bits per heavy atom. The first kappa shape index (κ1) is 12.0. The van der Waals surface area contributed by atoms with Crippen LogP contribution in [0.3, 0.4) is 0 Å². The van der Waals surface area contributed by atoms with Gasteiger partial charge in [0.05, 0.1) is 12.3 Å². The second-order valence-electron chi connectivity index (χ2n) is 4.08. The Morgan fingerprint density at radius 3 is 3.00 bits per heavy atom. The van der Waals surface area contributed by atoms with Gasteiger partial charge in [-0.15, -0.1) is 0 Å². The molecule has 0 bridgehead atoms. The predicted octanol–water partition coefficient (Wildman–Crippen LogP) is 1.36. The number of amides is 1. The molecule has 2 N–H and O–H groups in total. The van der Waals surface area contributed by atoms with E-state index in [9.17, 15) is 9.18 Å². The normalized spacial score (nSPS) is 18.1. The van der Waals surface area contributed by atoms with Crippen LogP contribution in [0, 0.1) is 12.7 Å². The number of benzene rings is 1. The maximum atomic E-state index is 13.6. The molecule has 0 spiro atoms. The number of ether oxygens (including phenoxy) is 1. The molecule has 2 rings (SSSR count). The average molecular weight is 238 g/mol. The predicted molar refractivity (Wildman–Crippen MR) is 62.4 cm³/mol. The van der Waals surface area contributed by atoms with Gasteiger partial charge in [-0.3, -0.25) is 10.1 Å². The summed E-state index contributed by atoms with van der Waals surface area (Å²) in [6.45, 7) is 2.86. The zero-order valence-electron chi connectivity index (χ0n) is 9.84. The fourth-order valence-electron chi connectivity index (χ4n) is 1.97. The first-order valence-corrected chi connectivity index (χ1v) is 5.46. The quantitative estimate of drug-likeness (QED) is 0.779. The lowest BCUT2D eigenvalue weighted by molar-refractivity contribution is -0.117. The number of carbonyl (C=O) groups is 1. The third kappa shape index (κ3) is 2.30. The Labute approximate surface area is 99.2 Å². The van der Waals surface area contributed by atoms with E-state index < -0.39 is 6.04 Å². The highest BCUT2D eigenvalue weighted by Crippen LogP contribution is 2.33. The number of anilines is 1. The van der Waals surface area contributed by atoms with Crippen molar-refractivity contribution >= 4 is 11.6 Å². The number of aryl methyl sites for hydroxylation is 1. The maximum absolute atomic E-state index is 13.6. The topological polar surface area (TPSA) is 50.4 Å². The van der Waals surface area contributed by atoms with Crippen molar-refractivity contribution in [1.29, 1.82) is 0 Å². The van der Waals surface area contributed by atoms with Crippen molar-refractivity contribution in [3.05, 3.63) is 29.1 Å². The van der Waals surface area contributed by atoms with E-state index in [1.54, 1.807) is 14.0 Å². The molecule has 0 aliphatic carbocycles. The third-order valence-corrected chi connectivity index (χ3v) is 2.74. The monoisotopic (exact) mass is 238 g/mol. The van der Waals surface area contributed by atoms with E-state index in [2.05, 4.69) is 10.6 Å². The summed E-state index contributed by atoms with van der Waals surface area (Å²) in [6, 6.07) is 2.74. The molecule has 0 radical (unpaired) electrons. The molecule has 1 heterocycles. The number of methoxy groups -OCH3 is 1. The van der Waals surface area contributed by atoms with E-state index >= 15 is 0 Å². The molecule has 1 unspecified atom stereocenters. The lowest BCUT2D eigenvalue weighted by Gasteiger charge is -2.11. The zero-order valence-corrected chi connectivity index (χ0v) is 9.84. The first-order chi connectivity index (χ1) is 8.13. The van der Waals surface area contributed by atoms with Crippen molar-refractivity contribution in [3.63, 3.8) is 0 Å². The van der Waals surface area contributed by atoms with Crippen LogP contribution in [0.2, 0.25) is 0 Å². The van der Waals surface area contributed by atoms with Gasteiger partial charge in [-0.1, -0.05) is 6.07 Å². The molecule has 92 valence electrons. The van der Waals surface area contributed by atoms with E-state index in [1.165, 1.54) is 6.07 Å². The SMILES string of the molecule is COCCNC1C(=O)Nc2c(F)cc(C)cc21. The fourth-order valence-corrected chi connectivity index (χ4v) is 1.97. The molecule has 1 aliphatic heterocycles. The number of nitrogens with one attached hydrogen (secondary N) is 2. The summed E-state index contributed by atoms with van der Waals surface area (Å²) in [6.07, 6.45) is 0. The Morgan fingerprint density at radius 1 is 1.53 bits per heavy atom. The largest absolute Gasteiger partial charge is 0.383 e. The molecule has 17 heavy (non-hydrogen) atoms. The Kier molecular flexibility index (Phi) is 3.40. The summed E-state index contributed by atoms with van der Waals surface area (Å²) in [5.74, 6) is -0.606. The van der Waals surface area contributed by atoms with Crippen LogP contribution in [0.25, 0.3) is 0 Å². The van der Waals surface area contributed by atoms with Crippen LogP contribution in [-0.2, 0) is 9.53 Å². The van der Waals surface area contributed by atoms with Crippen molar-refractivity contribution in [3.8, 4) is 0 Å². The molecular weight excluding hydrogens is 223 g/mol. The molecule has 1 aliphatic rings. The van der Waals surface area contributed by atoms with Crippen molar-refractivity contribution in [1.82, 2.24) is 5.32 Å². The summed E-state index contributed by atoms with van der Waals surface area (Å²) >= 11 is 0. The molecule has 1 amide bonds. The van der Waals surface area contributed by atoms with Crippen LogP contribution in [0.5, 0.6) is 0 Å². The molecule has 4 nitrogen and oxygen atoms in total. The Hall–Kier alpha value is -1.46. The van der Waals surface area contributed by atoms with Crippen molar-refractivity contribution in [2.45, 2.75) is 13.0 Å². The standard InChI is InChI=1S/C12H15FN2O2/c1-7-5-8-10(9(13)6-7)15-12(16)11(8)14-3-4-17-2/h5-6,11,14H,3-4H2,1-2H3,(H,15,16). The van der Waals surface area contributed by atoms with Crippen LogP contribution in [0.4, 0.5) is 10.1 Å². The minimum atomic E-state index is -0.491. The summed E-state index contributed by atoms with van der Waals surface area (Å²) in [5, 5.41) is 5.59. The highest BCUT2D eigenvalue weighted by molar-refractivity contribution is 6.02. The molecule has 1 aromatic rings. The molecule has 0 fully saturated rings. The van der Waals surface area contributed by atoms with Crippen LogP contribution in [0.1, 0.15) is 17.2 Å². The van der Waals surface area contributed by atoms with Crippen LogP contribution in [-0.4, -0.2) is 26.2 Å². The molecule has 1 aromatic carbocycles. The van der Waals surface area contributed by atoms with Gasteiger partial charge in [0, 0.05) is 19.2 Å². The van der Waals surface area contributed by atoms with Gasteiger partial charge in [0.25, 0.3) is 0 Å². The molecular formula is C12H15FN2O2. The van der Waals surface area contributed by atoms with Gasteiger partial charge >= 0.3 is 0 Å². The molecule has 5 heteroatoms. The van der Waals surface area contributed by atoms with Crippen LogP contribution in [0.15, 0.2) is 12.1 Å². The highest BCUT2D eigenvalue weighted by Gasteiger charge is 2.32. The van der Waals surface area contributed by atoms with Gasteiger partial charge in [-0.25, -0.2) is 4.39 Å². The van der Waals surface area contributed by atoms with Crippen LogP contribution >= 0.6 is 0 Å². The Bertz CT molecular complexity index is 448. The number of hydrogen-bond acceptors (Lipinski definition) is 3. The lowest BCUT2D eigenvalue weighted by atomic mass is 10.0. The van der Waals surface area contributed by atoms with Gasteiger partial charge in [0.1, 0.15) is 11.9 Å². The average Bonchev–Trinajstić information content (AvgIpc) is 2.57. The molecule has 0 aromatic heterocycles. The first-order valence-electron chi connectivity index (χ1n) is 5.46. The number of fused-ring (bicyclic) bond motifs is 1. The van der Waals surface area contributed by atoms with Crippen molar-refractivity contribution in [2.24, 2.45) is 0 Å². The second kappa shape index (κ2) is 4.81. The molecule has 0 saturated carbocycles. The van der Waals surface area contributed by atoms with E-state index in [-0.39, 0.29) is 17.4 Å². The summed E-state index contributed by atoms with van der Waals surface area (Å²) in [4.78, 5) is 11.7. The lowest BCUT2D eigenvalue weighted by Crippen LogP contribution is -2.30. The summed E-state index contributed by atoms with van der Waals surface area (Å²) in [7, 11) is 1.59. The second-order valence-corrected chi connectivity index (χ2v) is 4.08. The third-order valence-electron chi connectivity index (χ3n) is 2.74. The highest BCUT2D eigenvalue weighted by atomic mass is 19.1. The van der Waals surface area contributed by atoms with E-state index in [0.29, 0.717) is 18.7 Å². The Balaban J connectivity index is 2.23. The van der Waals surface area contributed by atoms with Gasteiger partial charge in [-0.2, -0.15) is 0 Å². The fraction of sp³-hybridized carbons (Fsp3) is 0.417. The van der Waals surface area contributed by atoms with Crippen molar-refractivity contribution in [2.75, 3.05) is 25.6 Å². The maximum Gasteiger partial charge on any atom is 0.246 e. The number of rotatable bonds is 4. The van der Waals surface area contributed by atoms with E-state index in [0.717, 1.165) is 5.56 Å².